The van der Waals surface area contributed by atoms with Crippen LogP contribution < -0.4 is 5.32 Å². The van der Waals surface area contributed by atoms with Crippen LogP contribution in [-0.4, -0.2) is 85.6 Å². The van der Waals surface area contributed by atoms with Crippen LogP contribution in [0.1, 0.15) is 25.7 Å². The van der Waals surface area contributed by atoms with Crippen molar-refractivity contribution < 1.29 is 4.79 Å². The molecule has 5 nitrogen and oxygen atoms in total. The van der Waals surface area contributed by atoms with Crippen LogP contribution in [0.25, 0.3) is 0 Å². The summed E-state index contributed by atoms with van der Waals surface area (Å²) in [5, 5.41) is 3.56. The number of hydrogen-bond donors (Lipinski definition) is 1. The second kappa shape index (κ2) is 6.41. The zero-order valence-corrected chi connectivity index (χ0v) is 12.7. The summed E-state index contributed by atoms with van der Waals surface area (Å²) < 4.78 is 0. The normalized spacial score (nSPS) is 28.3. The fourth-order valence-electron chi connectivity index (χ4n) is 3.31. The Morgan fingerprint density at radius 1 is 1.20 bits per heavy atom. The standard InChI is InChI=1S/C15H28N4O/c1-17-7-9-18(10-8-17)15(20)12-19(14-4-5-14)11-13-3-2-6-16-13/h13-14,16H,2-12H2,1H3. The van der Waals surface area contributed by atoms with Crippen LogP contribution in [0.2, 0.25) is 0 Å². The SMILES string of the molecule is CN1CCN(C(=O)CN(CC2CCCN2)C2CC2)CC1. The van der Waals surface area contributed by atoms with Crippen molar-refractivity contribution in [3.63, 3.8) is 0 Å². The van der Waals surface area contributed by atoms with Gasteiger partial charge in [0.25, 0.3) is 0 Å². The molecule has 0 bridgehead atoms. The summed E-state index contributed by atoms with van der Waals surface area (Å²) in [5.41, 5.74) is 0. The predicted octanol–water partition coefficient (Wildman–Crippen LogP) is -0.0232. The van der Waals surface area contributed by atoms with Gasteiger partial charge in [0.15, 0.2) is 0 Å². The van der Waals surface area contributed by atoms with Crippen LogP contribution in [0.3, 0.4) is 0 Å². The minimum absolute atomic E-state index is 0.336. The molecule has 2 aliphatic heterocycles. The summed E-state index contributed by atoms with van der Waals surface area (Å²) in [5.74, 6) is 0.336. The van der Waals surface area contributed by atoms with Crippen LogP contribution in [0.4, 0.5) is 0 Å². The van der Waals surface area contributed by atoms with Crippen molar-refractivity contribution in [2.45, 2.75) is 37.8 Å². The molecule has 0 radical (unpaired) electrons. The molecule has 3 aliphatic rings. The van der Waals surface area contributed by atoms with E-state index >= 15 is 0 Å². The van der Waals surface area contributed by atoms with Gasteiger partial charge in [-0.25, -0.2) is 0 Å². The third-order valence-corrected chi connectivity index (χ3v) is 4.87. The summed E-state index contributed by atoms with van der Waals surface area (Å²) in [6, 6.07) is 1.28. The first-order valence-corrected chi connectivity index (χ1v) is 8.16. The van der Waals surface area contributed by atoms with E-state index < -0.39 is 0 Å². The van der Waals surface area contributed by atoms with Gasteiger partial charge in [0.1, 0.15) is 0 Å². The van der Waals surface area contributed by atoms with Gasteiger partial charge in [0.05, 0.1) is 6.54 Å². The molecule has 1 aliphatic carbocycles. The Bertz CT molecular complexity index is 331. The maximum Gasteiger partial charge on any atom is 0.236 e. The highest BCUT2D eigenvalue weighted by Crippen LogP contribution is 2.27. The quantitative estimate of drug-likeness (QED) is 0.768. The van der Waals surface area contributed by atoms with Crippen molar-refractivity contribution in [1.82, 2.24) is 20.0 Å². The molecule has 20 heavy (non-hydrogen) atoms. The summed E-state index contributed by atoms with van der Waals surface area (Å²) in [6.07, 6.45) is 5.12. The highest BCUT2D eigenvalue weighted by molar-refractivity contribution is 5.78. The number of amides is 1. The van der Waals surface area contributed by atoms with E-state index in [1.165, 1.54) is 25.7 Å². The van der Waals surface area contributed by atoms with Crippen LogP contribution in [-0.2, 0) is 4.79 Å². The molecular weight excluding hydrogens is 252 g/mol. The van der Waals surface area contributed by atoms with Crippen molar-refractivity contribution in [2.75, 3.05) is 52.9 Å². The molecule has 5 heteroatoms. The molecule has 0 aromatic heterocycles. The van der Waals surface area contributed by atoms with E-state index in [0.29, 0.717) is 24.5 Å². The van der Waals surface area contributed by atoms with Gasteiger partial charge in [-0.1, -0.05) is 0 Å². The second-order valence-electron chi connectivity index (χ2n) is 6.64. The second-order valence-corrected chi connectivity index (χ2v) is 6.64. The molecule has 1 unspecified atom stereocenters. The Labute approximate surface area is 122 Å². The Kier molecular flexibility index (Phi) is 4.58. The Morgan fingerprint density at radius 2 is 1.95 bits per heavy atom. The van der Waals surface area contributed by atoms with Crippen LogP contribution in [0.5, 0.6) is 0 Å². The highest BCUT2D eigenvalue weighted by Gasteiger charge is 2.33. The first kappa shape index (κ1) is 14.3. The lowest BCUT2D eigenvalue weighted by Gasteiger charge is -2.34. The van der Waals surface area contributed by atoms with E-state index in [0.717, 1.165) is 39.3 Å². The van der Waals surface area contributed by atoms with Crippen molar-refractivity contribution in [3.05, 3.63) is 0 Å². The lowest BCUT2D eigenvalue weighted by Crippen LogP contribution is -2.51. The van der Waals surface area contributed by atoms with Gasteiger partial charge in [0.2, 0.25) is 5.91 Å². The lowest BCUT2D eigenvalue weighted by molar-refractivity contribution is -0.134. The number of piperazine rings is 1. The fraction of sp³-hybridized carbons (Fsp3) is 0.933. The maximum atomic E-state index is 12.5. The molecule has 3 rings (SSSR count). The van der Waals surface area contributed by atoms with Gasteiger partial charge >= 0.3 is 0 Å². The Balaban J connectivity index is 1.49. The van der Waals surface area contributed by atoms with E-state index in [-0.39, 0.29) is 0 Å². The van der Waals surface area contributed by atoms with Gasteiger partial charge in [-0.2, -0.15) is 0 Å². The molecule has 0 aromatic carbocycles. The van der Waals surface area contributed by atoms with Gasteiger partial charge in [-0.15, -0.1) is 0 Å². The average molecular weight is 280 g/mol. The number of likely N-dealkylation sites (N-methyl/N-ethyl adjacent to an activating group) is 1. The molecule has 1 amide bonds. The number of nitrogens with one attached hydrogen (secondary N) is 1. The largest absolute Gasteiger partial charge is 0.339 e. The van der Waals surface area contributed by atoms with Crippen LogP contribution in [0, 0.1) is 0 Å². The average Bonchev–Trinajstić information content (AvgIpc) is 3.17. The minimum atomic E-state index is 0.336. The van der Waals surface area contributed by atoms with Crippen LogP contribution >= 0.6 is 0 Å². The van der Waals surface area contributed by atoms with Gasteiger partial charge in [-0.05, 0) is 39.3 Å². The van der Waals surface area contributed by atoms with Gasteiger partial charge in [0, 0.05) is 44.8 Å². The first-order chi connectivity index (χ1) is 9.72. The van der Waals surface area contributed by atoms with Crippen LogP contribution in [0.15, 0.2) is 0 Å². The lowest BCUT2D eigenvalue weighted by atomic mass is 10.2. The third-order valence-electron chi connectivity index (χ3n) is 4.87. The summed E-state index contributed by atoms with van der Waals surface area (Å²) >= 11 is 0. The number of carbonyl (C=O) groups excluding carboxylic acids is 1. The molecule has 2 heterocycles. The zero-order valence-electron chi connectivity index (χ0n) is 12.7. The van der Waals surface area contributed by atoms with E-state index in [9.17, 15) is 4.79 Å². The molecule has 3 fully saturated rings. The van der Waals surface area contributed by atoms with Crippen molar-refractivity contribution in [3.8, 4) is 0 Å². The molecule has 1 atom stereocenters. The fourth-order valence-corrected chi connectivity index (χ4v) is 3.31. The van der Waals surface area contributed by atoms with Crippen molar-refractivity contribution in [1.29, 1.82) is 0 Å². The number of carbonyl (C=O) groups is 1. The summed E-state index contributed by atoms with van der Waals surface area (Å²) in [7, 11) is 2.13. The molecule has 1 saturated carbocycles. The highest BCUT2D eigenvalue weighted by atomic mass is 16.2. The number of rotatable bonds is 5. The summed E-state index contributed by atoms with van der Waals surface area (Å²) in [6.45, 7) is 6.66. The molecule has 0 aromatic rings. The van der Waals surface area contributed by atoms with E-state index in [2.05, 4.69) is 27.1 Å². The van der Waals surface area contributed by atoms with Crippen molar-refractivity contribution in [2.24, 2.45) is 0 Å². The van der Waals surface area contributed by atoms with Crippen molar-refractivity contribution >= 4 is 5.91 Å². The molecule has 0 spiro atoms. The van der Waals surface area contributed by atoms with E-state index in [1.807, 2.05) is 0 Å². The van der Waals surface area contributed by atoms with E-state index in [4.69, 9.17) is 0 Å². The Hall–Kier alpha value is -0.650. The van der Waals surface area contributed by atoms with Gasteiger partial charge in [-0.3, -0.25) is 9.69 Å². The van der Waals surface area contributed by atoms with Gasteiger partial charge < -0.3 is 15.1 Å². The maximum absolute atomic E-state index is 12.5. The third kappa shape index (κ3) is 3.71. The molecular formula is C15H28N4O. The monoisotopic (exact) mass is 280 g/mol. The van der Waals surface area contributed by atoms with E-state index in [1.54, 1.807) is 0 Å². The summed E-state index contributed by atoms with van der Waals surface area (Å²) in [4.78, 5) is 19.3. The molecule has 2 saturated heterocycles. The first-order valence-electron chi connectivity index (χ1n) is 8.16. The minimum Gasteiger partial charge on any atom is -0.339 e. The topological polar surface area (TPSA) is 38.8 Å². The zero-order chi connectivity index (χ0) is 13.9. The smallest absolute Gasteiger partial charge is 0.236 e. The Morgan fingerprint density at radius 3 is 2.55 bits per heavy atom. The predicted molar refractivity (Wildman–Crippen MR) is 79.7 cm³/mol. The number of nitrogens with zero attached hydrogens (tertiary/aromatic N) is 3. The number of hydrogen-bond acceptors (Lipinski definition) is 4. The molecule has 1 N–H and O–H groups in total. The molecule has 114 valence electrons.